The first kappa shape index (κ1) is 87.9. The Morgan fingerprint density at radius 3 is 1.61 bits per heavy atom. The monoisotopic (exact) mass is 1580 g/mol. The van der Waals surface area contributed by atoms with Crippen molar-refractivity contribution in [2.75, 3.05) is 18.1 Å². The van der Waals surface area contributed by atoms with E-state index in [-0.39, 0.29) is 81.6 Å². The molecule has 2 aromatic heterocycles. The number of rotatable bonds is 16. The van der Waals surface area contributed by atoms with Crippen molar-refractivity contribution in [1.82, 2.24) is 68.0 Å². The van der Waals surface area contributed by atoms with Crippen LogP contribution in [-0.4, -0.2) is 220 Å². The lowest BCUT2D eigenvalue weighted by molar-refractivity contribution is -0.143. The predicted octanol–water partition coefficient (Wildman–Crippen LogP) is 0.106. The van der Waals surface area contributed by atoms with Gasteiger partial charge in [-0.25, -0.2) is 4.98 Å². The highest BCUT2D eigenvalue weighted by Crippen LogP contribution is 2.26. The van der Waals surface area contributed by atoms with Crippen molar-refractivity contribution in [3.8, 4) is 11.5 Å². The predicted molar refractivity (Wildman–Crippen MR) is 413 cm³/mol. The van der Waals surface area contributed by atoms with Gasteiger partial charge in [-0.15, -0.1) is 0 Å². The molecule has 4 heterocycles. The number of nitrogens with one attached hydrogen (secondary N) is 11. The number of phenolic OH excluding ortho intramolecular Hbond substituents is 2. The van der Waals surface area contributed by atoms with E-state index in [9.17, 15) is 83.1 Å². The van der Waals surface area contributed by atoms with Gasteiger partial charge in [0, 0.05) is 85.5 Å². The summed E-state index contributed by atoms with van der Waals surface area (Å²) in [7, 11) is 0. The van der Waals surface area contributed by atoms with Crippen molar-refractivity contribution in [1.29, 1.82) is 0 Å². The minimum Gasteiger partial charge on any atom is -0.508 e. The summed E-state index contributed by atoms with van der Waals surface area (Å²) in [5, 5.41) is 79.3. The molecule has 1 saturated heterocycles. The topological polar surface area (TPSA) is 527 Å². The van der Waals surface area contributed by atoms with E-state index in [0.29, 0.717) is 45.0 Å². The fraction of sp³-hybridized carbons (Fsp3) is 0.500. The lowest BCUT2D eigenvalue weighted by Gasteiger charge is -2.34. The molecule has 7 rings (SSSR count). The number of fused-ring (bicyclic) bond motifs is 4. The molecule has 2 aliphatic heterocycles. The zero-order valence-corrected chi connectivity index (χ0v) is 64.7. The van der Waals surface area contributed by atoms with Crippen LogP contribution in [0.25, 0.3) is 11.0 Å². The van der Waals surface area contributed by atoms with Crippen molar-refractivity contribution in [3.63, 3.8) is 0 Å². The third-order valence-corrected chi connectivity index (χ3v) is 20.9. The number of nitrogens with zero attached hydrogens (tertiary/aromatic N) is 2. The van der Waals surface area contributed by atoms with Gasteiger partial charge >= 0.3 is 5.97 Å². The van der Waals surface area contributed by atoms with Crippen LogP contribution in [-0.2, 0) is 93.1 Å². The molecule has 12 amide bonds. The maximum absolute atomic E-state index is 15.2. The van der Waals surface area contributed by atoms with E-state index in [4.69, 9.17) is 11.5 Å². The van der Waals surface area contributed by atoms with Crippen LogP contribution in [0.2, 0.25) is 0 Å². The SMILES string of the molecule is CCC[C@@H]1NC(=O)[C@H](Cc2c[nH]c3ncccc23)NC(=O)[C@H]([C@@H](C)O)NC(=O)[C@@H]2C[C@H](N)CN2C(=O)[C@H](Cc2ccc(O)cc2)NC(=O)[C@H](C(C)(C)C)NC(=O)CCSCc2cccc(c2)CSC[C@@H](C(N)=O)NC(=O)[C@H]([C@@H](C)O)NC(=O)[C@H](CCC)NC(=O)[C@H](Cc2ccc(O)cc2)NC(=O)[C@H](CCC(=O)O)NC1=O. The Hall–Kier alpha value is -10.4. The van der Waals surface area contributed by atoms with E-state index in [1.807, 2.05) is 24.3 Å². The van der Waals surface area contributed by atoms with Crippen LogP contribution in [0.3, 0.4) is 0 Å². The van der Waals surface area contributed by atoms with Crippen LogP contribution >= 0.6 is 23.5 Å². The largest absolute Gasteiger partial charge is 0.508 e. The van der Waals surface area contributed by atoms with E-state index in [1.54, 1.807) is 46.8 Å². The Labute approximate surface area is 651 Å². The number of aliphatic hydroxyl groups excluding tert-OH is 2. The second-order valence-electron chi connectivity index (χ2n) is 29.0. The number of benzene rings is 3. The summed E-state index contributed by atoms with van der Waals surface area (Å²) >= 11 is 2.68. The van der Waals surface area contributed by atoms with Crippen LogP contribution in [0.4, 0.5) is 0 Å². The first-order chi connectivity index (χ1) is 52.6. The number of carboxylic acid groups (broad SMARTS) is 1. The normalized spacial score (nSPS) is 25.0. The number of aromatic amines is 1. The summed E-state index contributed by atoms with van der Waals surface area (Å²) in [6.45, 7) is 10.7. The number of carbonyl (C=O) groups excluding carboxylic acids is 12. The van der Waals surface area contributed by atoms with Gasteiger partial charge in [-0.2, -0.15) is 23.5 Å². The van der Waals surface area contributed by atoms with Crippen LogP contribution in [0.5, 0.6) is 11.5 Å². The van der Waals surface area contributed by atoms with Crippen molar-refractivity contribution in [2.24, 2.45) is 16.9 Å². The first-order valence-electron chi connectivity index (χ1n) is 36.8. The number of aliphatic carboxylic acids is 1. The molecule has 20 N–H and O–H groups in total. The maximum Gasteiger partial charge on any atom is 0.303 e. The number of aliphatic hydroxyl groups is 2. The van der Waals surface area contributed by atoms with Gasteiger partial charge in [0.05, 0.1) is 12.2 Å². The highest BCUT2D eigenvalue weighted by molar-refractivity contribution is 7.98. The Bertz CT molecular complexity index is 4100. The molecule has 0 spiro atoms. The molecule has 14 atom stereocenters. The molecule has 0 radical (unpaired) electrons. The summed E-state index contributed by atoms with van der Waals surface area (Å²) in [4.78, 5) is 194. The molecule has 0 unspecified atom stereocenters. The molecule has 3 aromatic carbocycles. The molecular formula is C76H103N15O18S2. The number of phenols is 2. The van der Waals surface area contributed by atoms with Crippen molar-refractivity contribution < 1.29 is 87.9 Å². The highest BCUT2D eigenvalue weighted by atomic mass is 32.2. The molecule has 2 bridgehead atoms. The van der Waals surface area contributed by atoms with Crippen molar-refractivity contribution in [3.05, 3.63) is 125 Å². The van der Waals surface area contributed by atoms with Gasteiger partial charge < -0.3 is 100 Å². The van der Waals surface area contributed by atoms with E-state index in [0.717, 1.165) is 16.0 Å². The van der Waals surface area contributed by atoms with Gasteiger partial charge in [0.1, 0.15) is 83.6 Å². The summed E-state index contributed by atoms with van der Waals surface area (Å²) in [5.74, 6) is -11.7. The Balaban J connectivity index is 1.24. The minimum absolute atomic E-state index is 0.0309. The van der Waals surface area contributed by atoms with Gasteiger partial charge in [0.15, 0.2) is 0 Å². The first-order valence-corrected chi connectivity index (χ1v) is 39.1. The molecule has 5 aromatic rings. The summed E-state index contributed by atoms with van der Waals surface area (Å²) in [5.41, 5.74) is 14.7. The van der Waals surface area contributed by atoms with Crippen LogP contribution in [0.15, 0.2) is 97.3 Å². The van der Waals surface area contributed by atoms with Crippen molar-refractivity contribution >= 4 is 111 Å². The number of pyridine rings is 1. The fourth-order valence-corrected chi connectivity index (χ4v) is 14.6. The maximum atomic E-state index is 15.2. The van der Waals surface area contributed by atoms with Crippen molar-refractivity contribution in [2.45, 2.75) is 215 Å². The van der Waals surface area contributed by atoms with Gasteiger partial charge in [-0.05, 0) is 109 Å². The van der Waals surface area contributed by atoms with E-state index >= 15 is 4.79 Å². The number of aromatic hydroxyl groups is 2. The Morgan fingerprint density at radius 2 is 1.07 bits per heavy atom. The van der Waals surface area contributed by atoms with Gasteiger partial charge in [-0.3, -0.25) is 62.3 Å². The average molecular weight is 1580 g/mol. The lowest BCUT2D eigenvalue weighted by Crippen LogP contribution is -2.62. The second-order valence-corrected chi connectivity index (χ2v) is 31.1. The number of primary amides is 1. The molecule has 111 heavy (non-hydrogen) atoms. The van der Waals surface area contributed by atoms with Crippen LogP contribution < -0.4 is 64.6 Å². The smallest absolute Gasteiger partial charge is 0.303 e. The third kappa shape index (κ3) is 26.4. The fourth-order valence-electron chi connectivity index (χ4n) is 12.7. The standard InChI is InChI=1S/C76H103N15O18S2/c1-8-12-51-66(100)83-53(25-26-60(97)98)67(101)84-54(31-42-17-21-48(94)22-18-42)69(103)82-52(13-9-2)68(102)89-61(40(3)92)73(107)87-57(64(78)99)39-111-38-45-15-10-14-44(30-45)37-110-29-27-59(96)88-63(76(5,6)7)74(108)86-56(32-43-19-23-49(95)24-20-43)75(109)91-36-47(77)34-58(91)71(105)90-62(41(4)93)72(106)85-55(70(104)81-51)33-46-35-80-65-50(46)16-11-28-79-65/h10-11,14-24,28,30,35,40-41,47,51-58,61-63,92-95H,8-9,12-13,25-27,29,31-34,36-39,77H2,1-7H3,(H2,78,99)(H,79,80)(H,81,104)(H,82,103)(H,83,100)(H,84,101)(H,85,106)(H,86,108)(H,87,107)(H,88,96)(H,89,102)(H,90,105)(H,97,98)/t40-,41-,47+,51+,52+,53+,54+,55+,56+,57+,58+,61+,62+,63-/m1/s1. The molecule has 602 valence electrons. The number of amides is 12. The zero-order chi connectivity index (χ0) is 81.4. The molecule has 0 saturated carbocycles. The number of carboxylic acids is 1. The Morgan fingerprint density at radius 1 is 0.586 bits per heavy atom. The number of carbonyl (C=O) groups is 13. The molecular weight excluding hydrogens is 1480 g/mol. The third-order valence-electron chi connectivity index (χ3n) is 18.7. The van der Waals surface area contributed by atoms with E-state index in [1.165, 1.54) is 98.3 Å². The molecule has 33 nitrogen and oxygen atoms in total. The van der Waals surface area contributed by atoms with E-state index < -0.39 is 180 Å². The summed E-state index contributed by atoms with van der Waals surface area (Å²) in [6.07, 6.45) is -2.39. The lowest BCUT2D eigenvalue weighted by atomic mass is 9.85. The van der Waals surface area contributed by atoms with Gasteiger partial charge in [0.25, 0.3) is 0 Å². The van der Waals surface area contributed by atoms with Gasteiger partial charge in [0.2, 0.25) is 70.9 Å². The Kier molecular flexibility index (Phi) is 32.9. The minimum atomic E-state index is -1.86. The number of H-pyrrole nitrogens is 1. The zero-order valence-electron chi connectivity index (χ0n) is 63.0. The van der Waals surface area contributed by atoms with Crippen LogP contribution in [0.1, 0.15) is 128 Å². The average Bonchev–Trinajstić information content (AvgIpc) is 0.911. The number of nitrogens with two attached hydrogens (primary N) is 2. The summed E-state index contributed by atoms with van der Waals surface area (Å²) < 4.78 is 0. The number of aromatic nitrogens is 2. The summed E-state index contributed by atoms with van der Waals surface area (Å²) in [6, 6.07) is 4.23. The number of thioether (sulfide) groups is 2. The van der Waals surface area contributed by atoms with Crippen LogP contribution in [0, 0.1) is 5.41 Å². The molecule has 2 aliphatic rings. The van der Waals surface area contributed by atoms with E-state index in [2.05, 4.69) is 63.1 Å². The number of hydrogen-bond acceptors (Lipinski definition) is 21. The second kappa shape index (κ2) is 41.6. The highest BCUT2D eigenvalue weighted by Gasteiger charge is 2.45. The quantitative estimate of drug-likeness (QED) is 0.0623. The molecule has 35 heteroatoms. The molecule has 1 fully saturated rings. The van der Waals surface area contributed by atoms with Gasteiger partial charge in [-0.1, -0.05) is 96.0 Å². The molecule has 0 aliphatic carbocycles. The number of hydrogen-bond donors (Lipinski definition) is 18.